The van der Waals surface area contributed by atoms with Gasteiger partial charge in [-0.15, -0.1) is 0 Å². The van der Waals surface area contributed by atoms with Gasteiger partial charge in [0, 0.05) is 12.7 Å². The van der Waals surface area contributed by atoms with Gasteiger partial charge in [0.1, 0.15) is 11.3 Å². The van der Waals surface area contributed by atoms with Crippen molar-refractivity contribution in [2.75, 3.05) is 18.9 Å². The Bertz CT molecular complexity index is 797. The van der Waals surface area contributed by atoms with E-state index in [1.807, 2.05) is 19.1 Å². The molecule has 25 heavy (non-hydrogen) atoms. The van der Waals surface area contributed by atoms with Crippen LogP contribution >= 0.6 is 34.8 Å². The van der Waals surface area contributed by atoms with Crippen molar-refractivity contribution in [1.29, 1.82) is 0 Å². The van der Waals surface area contributed by atoms with Gasteiger partial charge in [0.05, 0.1) is 21.6 Å². The van der Waals surface area contributed by atoms with Crippen LogP contribution in [0.25, 0.3) is 0 Å². The van der Waals surface area contributed by atoms with E-state index in [0.29, 0.717) is 5.69 Å². The molecule has 2 rings (SSSR count). The molecule has 0 atom stereocenters. The van der Waals surface area contributed by atoms with E-state index >= 15 is 0 Å². The third-order valence-corrected chi connectivity index (χ3v) is 4.50. The Morgan fingerprint density at radius 3 is 2.32 bits per heavy atom. The first-order chi connectivity index (χ1) is 11.7. The lowest BCUT2D eigenvalue weighted by molar-refractivity contribution is -0.116. The van der Waals surface area contributed by atoms with Crippen molar-refractivity contribution in [3.05, 3.63) is 56.5 Å². The van der Waals surface area contributed by atoms with Crippen molar-refractivity contribution < 1.29 is 14.7 Å². The molecule has 0 aromatic heterocycles. The number of aromatic hydroxyl groups is 1. The molecule has 5 nitrogen and oxygen atoms in total. The highest BCUT2D eigenvalue weighted by molar-refractivity contribution is 6.45. The van der Waals surface area contributed by atoms with E-state index < -0.39 is 17.6 Å². The second-order valence-electron chi connectivity index (χ2n) is 5.45. The molecule has 0 aliphatic carbocycles. The normalized spacial score (nSPS) is 10.4. The number of nitrogens with zero attached hydrogens (tertiary/aromatic N) is 1. The molecule has 132 valence electrons. The average molecular weight is 402 g/mol. The van der Waals surface area contributed by atoms with E-state index in [9.17, 15) is 14.7 Å². The highest BCUT2D eigenvalue weighted by atomic mass is 35.5. The van der Waals surface area contributed by atoms with E-state index in [0.717, 1.165) is 10.5 Å². The summed E-state index contributed by atoms with van der Waals surface area (Å²) in [5, 5.41) is 12.5. The van der Waals surface area contributed by atoms with Crippen molar-refractivity contribution in [3.8, 4) is 5.75 Å². The molecule has 0 saturated carbocycles. The molecule has 8 heteroatoms. The number of likely N-dealkylation sites (N-methyl/N-ethyl adjacent to an activating group) is 1. The smallest absolute Gasteiger partial charge is 0.259 e. The summed E-state index contributed by atoms with van der Waals surface area (Å²) < 4.78 is 0. The first kappa shape index (κ1) is 19.4. The van der Waals surface area contributed by atoms with Crippen molar-refractivity contribution >= 4 is 52.3 Å². The number of amides is 2. The molecule has 0 aliphatic heterocycles. The van der Waals surface area contributed by atoms with Crippen LogP contribution in [-0.2, 0) is 4.79 Å². The van der Waals surface area contributed by atoms with E-state index in [4.69, 9.17) is 34.8 Å². The minimum atomic E-state index is -0.675. The molecule has 2 N–H and O–H groups in total. The zero-order chi connectivity index (χ0) is 18.7. The number of rotatable bonds is 4. The van der Waals surface area contributed by atoms with Gasteiger partial charge < -0.3 is 15.3 Å². The fourth-order valence-corrected chi connectivity index (χ4v) is 2.78. The van der Waals surface area contributed by atoms with Gasteiger partial charge in [0.15, 0.2) is 0 Å². The monoisotopic (exact) mass is 400 g/mol. The molecule has 0 fully saturated rings. The Morgan fingerprint density at radius 2 is 1.72 bits per heavy atom. The van der Waals surface area contributed by atoms with Crippen LogP contribution < -0.4 is 5.32 Å². The Labute approximate surface area is 160 Å². The fraction of sp³-hybridized carbons (Fsp3) is 0.176. The number of phenols is 1. The summed E-state index contributed by atoms with van der Waals surface area (Å²) in [6.45, 7) is 1.69. The predicted molar refractivity (Wildman–Crippen MR) is 99.9 cm³/mol. The molecule has 0 saturated heterocycles. The molecule has 2 aromatic rings. The third kappa shape index (κ3) is 4.57. The van der Waals surface area contributed by atoms with E-state index in [1.54, 1.807) is 12.1 Å². The van der Waals surface area contributed by atoms with Gasteiger partial charge in [0.25, 0.3) is 5.91 Å². The van der Waals surface area contributed by atoms with E-state index in [1.165, 1.54) is 13.1 Å². The highest BCUT2D eigenvalue weighted by Gasteiger charge is 2.25. The maximum absolute atomic E-state index is 12.5. The molecule has 0 bridgehead atoms. The van der Waals surface area contributed by atoms with Crippen molar-refractivity contribution in [2.24, 2.45) is 0 Å². The SMILES string of the molecule is Cc1ccc(NC(=O)CN(C)C(=O)c2c(O)c(Cl)cc(Cl)c2Cl)cc1. The quantitative estimate of drug-likeness (QED) is 0.747. The number of carbonyl (C=O) groups excluding carboxylic acids is 2. The predicted octanol–water partition coefficient (Wildman–Crippen LogP) is 4.37. The molecule has 2 aromatic carbocycles. The summed E-state index contributed by atoms with van der Waals surface area (Å²) in [6.07, 6.45) is 0. The van der Waals surface area contributed by atoms with Gasteiger partial charge in [0.2, 0.25) is 5.91 Å². The number of hydrogen-bond acceptors (Lipinski definition) is 3. The summed E-state index contributed by atoms with van der Waals surface area (Å²) in [6, 6.07) is 8.47. The van der Waals surface area contributed by atoms with E-state index in [-0.39, 0.29) is 27.2 Å². The molecular formula is C17H15Cl3N2O3. The Morgan fingerprint density at radius 1 is 1.12 bits per heavy atom. The Hall–Kier alpha value is -1.95. The van der Waals surface area contributed by atoms with Gasteiger partial charge in [-0.1, -0.05) is 52.5 Å². The average Bonchev–Trinajstić information content (AvgIpc) is 2.55. The van der Waals surface area contributed by atoms with Gasteiger partial charge in [-0.25, -0.2) is 0 Å². The second kappa shape index (κ2) is 7.95. The lowest BCUT2D eigenvalue weighted by Crippen LogP contribution is -2.35. The van der Waals surface area contributed by atoms with Crippen LogP contribution in [0.2, 0.25) is 15.1 Å². The zero-order valence-corrected chi connectivity index (χ0v) is 15.7. The van der Waals surface area contributed by atoms with Crippen molar-refractivity contribution in [1.82, 2.24) is 4.90 Å². The summed E-state index contributed by atoms with van der Waals surface area (Å²) in [4.78, 5) is 25.7. The molecule has 0 aliphatic rings. The van der Waals surface area contributed by atoms with Gasteiger partial charge in [-0.3, -0.25) is 9.59 Å². The minimum Gasteiger partial charge on any atom is -0.505 e. The fourth-order valence-electron chi connectivity index (χ4n) is 2.10. The van der Waals surface area contributed by atoms with Crippen LogP contribution in [0, 0.1) is 6.92 Å². The van der Waals surface area contributed by atoms with Gasteiger partial charge in [-0.2, -0.15) is 0 Å². The highest BCUT2D eigenvalue weighted by Crippen LogP contribution is 2.38. The largest absolute Gasteiger partial charge is 0.505 e. The van der Waals surface area contributed by atoms with Crippen LogP contribution in [0.1, 0.15) is 15.9 Å². The third-order valence-electron chi connectivity index (χ3n) is 3.42. The molecular weight excluding hydrogens is 387 g/mol. The van der Waals surface area contributed by atoms with Crippen LogP contribution in [0.5, 0.6) is 5.75 Å². The van der Waals surface area contributed by atoms with Gasteiger partial charge >= 0.3 is 0 Å². The second-order valence-corrected chi connectivity index (χ2v) is 6.65. The number of carbonyl (C=O) groups is 2. The van der Waals surface area contributed by atoms with Crippen LogP contribution in [0.3, 0.4) is 0 Å². The number of benzene rings is 2. The lowest BCUT2D eigenvalue weighted by Gasteiger charge is -2.19. The number of hydrogen-bond donors (Lipinski definition) is 2. The number of aryl methyl sites for hydroxylation is 1. The molecule has 2 amide bonds. The Kier molecular flexibility index (Phi) is 6.16. The first-order valence-corrected chi connectivity index (χ1v) is 8.32. The number of anilines is 1. The van der Waals surface area contributed by atoms with Crippen molar-refractivity contribution in [2.45, 2.75) is 6.92 Å². The standard InChI is InChI=1S/C17H15Cl3N2O3/c1-9-3-5-10(6-4-9)21-13(23)8-22(2)17(25)14-15(20)11(18)7-12(19)16(14)24/h3-7,24H,8H2,1-2H3,(H,21,23). The van der Waals surface area contributed by atoms with Crippen molar-refractivity contribution in [3.63, 3.8) is 0 Å². The van der Waals surface area contributed by atoms with Gasteiger partial charge in [-0.05, 0) is 25.1 Å². The number of nitrogens with one attached hydrogen (secondary N) is 1. The number of phenolic OH excluding ortho intramolecular Hbond substituents is 1. The molecule has 0 spiro atoms. The topological polar surface area (TPSA) is 69.6 Å². The summed E-state index contributed by atoms with van der Waals surface area (Å²) >= 11 is 17.7. The summed E-state index contributed by atoms with van der Waals surface area (Å²) in [7, 11) is 1.40. The summed E-state index contributed by atoms with van der Waals surface area (Å²) in [5.41, 5.74) is 1.43. The van der Waals surface area contributed by atoms with Crippen LogP contribution in [0.4, 0.5) is 5.69 Å². The first-order valence-electron chi connectivity index (χ1n) is 7.19. The van der Waals surface area contributed by atoms with Crippen LogP contribution in [-0.4, -0.2) is 35.4 Å². The maximum Gasteiger partial charge on any atom is 0.259 e. The maximum atomic E-state index is 12.5. The molecule has 0 radical (unpaired) electrons. The molecule has 0 unspecified atom stereocenters. The number of halogens is 3. The van der Waals surface area contributed by atoms with E-state index in [2.05, 4.69) is 5.32 Å². The van der Waals surface area contributed by atoms with Crippen LogP contribution in [0.15, 0.2) is 30.3 Å². The minimum absolute atomic E-state index is 0.0327. The molecule has 0 heterocycles. The lowest BCUT2D eigenvalue weighted by atomic mass is 10.1. The Balaban J connectivity index is 2.13. The summed E-state index contributed by atoms with van der Waals surface area (Å²) in [5.74, 6) is -1.55. The zero-order valence-electron chi connectivity index (χ0n) is 13.4.